The maximum Gasteiger partial charge on any atom is 0.254 e. The normalized spacial score (nSPS) is 16.1. The number of thiophene rings is 1. The predicted molar refractivity (Wildman–Crippen MR) is 145 cm³/mol. The molecule has 0 aliphatic carbocycles. The Morgan fingerprint density at radius 2 is 1.92 bits per heavy atom. The van der Waals surface area contributed by atoms with Crippen molar-refractivity contribution >= 4 is 39.1 Å². The van der Waals surface area contributed by atoms with E-state index in [4.69, 9.17) is 14.2 Å². The van der Waals surface area contributed by atoms with Gasteiger partial charge in [0, 0.05) is 34.6 Å². The van der Waals surface area contributed by atoms with Crippen LogP contribution in [0, 0.1) is 6.92 Å². The van der Waals surface area contributed by atoms with Crippen LogP contribution in [0.15, 0.2) is 58.4 Å². The summed E-state index contributed by atoms with van der Waals surface area (Å²) >= 11 is 5.08. The number of benzene rings is 2. The first-order valence-electron chi connectivity index (χ1n) is 12.3. The minimum atomic E-state index is -0.180. The van der Waals surface area contributed by atoms with Crippen molar-refractivity contribution in [2.45, 2.75) is 39.0 Å². The van der Waals surface area contributed by atoms with E-state index in [1.54, 1.807) is 28.4 Å². The second-order valence-corrected chi connectivity index (χ2v) is 11.2. The van der Waals surface area contributed by atoms with Gasteiger partial charge in [-0.2, -0.15) is 0 Å². The van der Waals surface area contributed by atoms with Gasteiger partial charge in [-0.3, -0.25) is 9.59 Å². The lowest BCUT2D eigenvalue weighted by atomic mass is 10.1. The number of hydrogen-bond acceptors (Lipinski definition) is 6. The third-order valence-corrected chi connectivity index (χ3v) is 8.10. The van der Waals surface area contributed by atoms with E-state index in [0.29, 0.717) is 43.3 Å². The van der Waals surface area contributed by atoms with E-state index in [1.165, 1.54) is 0 Å². The number of nitrogens with zero attached hydrogens (tertiary/aromatic N) is 2. The largest absolute Gasteiger partial charge is 0.454 e. The van der Waals surface area contributed by atoms with Crippen molar-refractivity contribution in [3.8, 4) is 11.5 Å². The van der Waals surface area contributed by atoms with E-state index in [0.717, 1.165) is 33.3 Å². The highest BCUT2D eigenvalue weighted by atomic mass is 79.9. The topological polar surface area (TPSA) is 68.3 Å². The van der Waals surface area contributed by atoms with Crippen LogP contribution >= 0.6 is 27.3 Å². The van der Waals surface area contributed by atoms with Crippen LogP contribution in [0.3, 0.4) is 0 Å². The summed E-state index contributed by atoms with van der Waals surface area (Å²) in [5.74, 6) is 1.09. The van der Waals surface area contributed by atoms with Gasteiger partial charge < -0.3 is 24.0 Å². The highest BCUT2D eigenvalue weighted by molar-refractivity contribution is 9.10. The molecule has 5 rings (SSSR count). The Hall–Kier alpha value is -2.88. The zero-order chi connectivity index (χ0) is 25.8. The molecular formula is C28H29BrN2O5S. The van der Waals surface area contributed by atoms with Crippen molar-refractivity contribution < 1.29 is 23.8 Å². The SMILES string of the molecule is Cc1ccsc1CN(Cc1ccc2c(c1)OCO2)C(=O)CN(CC1CCCO1)C(=O)c1cccc(Br)c1. The Balaban J connectivity index is 1.38. The number of aryl methyl sites for hydroxylation is 1. The second kappa shape index (κ2) is 11.7. The van der Waals surface area contributed by atoms with E-state index < -0.39 is 0 Å². The number of fused-ring (bicyclic) bond motifs is 1. The first-order chi connectivity index (χ1) is 18.0. The fourth-order valence-corrected chi connectivity index (χ4v) is 5.87. The molecule has 1 atom stereocenters. The monoisotopic (exact) mass is 584 g/mol. The summed E-state index contributed by atoms with van der Waals surface area (Å²) in [7, 11) is 0. The smallest absolute Gasteiger partial charge is 0.254 e. The maximum atomic E-state index is 13.8. The number of ether oxygens (including phenoxy) is 3. The molecule has 0 spiro atoms. The van der Waals surface area contributed by atoms with Crippen LogP contribution in [0.1, 0.15) is 39.2 Å². The molecule has 0 N–H and O–H groups in total. The summed E-state index contributed by atoms with van der Waals surface area (Å²) in [5, 5.41) is 2.04. The van der Waals surface area contributed by atoms with Gasteiger partial charge in [0.2, 0.25) is 12.7 Å². The van der Waals surface area contributed by atoms with Crippen molar-refractivity contribution in [1.82, 2.24) is 9.80 Å². The molecule has 1 aromatic heterocycles. The van der Waals surface area contributed by atoms with Crippen molar-refractivity contribution in [2.24, 2.45) is 0 Å². The molecule has 2 aliphatic heterocycles. The lowest BCUT2D eigenvalue weighted by Crippen LogP contribution is -2.45. The standard InChI is InChI=1S/C28H29BrN2O5S/c1-19-9-11-37-26(19)16-30(14-20-7-8-24-25(12-20)36-18-35-24)27(32)17-31(15-23-6-3-10-34-23)28(33)21-4-2-5-22(29)13-21/h2,4-5,7-9,11-13,23H,3,6,10,14-18H2,1H3. The van der Waals surface area contributed by atoms with Crippen LogP contribution in [-0.2, 0) is 22.6 Å². The summed E-state index contributed by atoms with van der Waals surface area (Å²) in [6, 6.07) is 15.1. The molecule has 2 aromatic carbocycles. The van der Waals surface area contributed by atoms with E-state index in [-0.39, 0.29) is 31.3 Å². The quantitative estimate of drug-likeness (QED) is 0.337. The Bertz CT molecular complexity index is 1270. The summed E-state index contributed by atoms with van der Waals surface area (Å²) in [4.78, 5) is 32.0. The Morgan fingerprint density at radius 3 is 2.68 bits per heavy atom. The molecule has 0 bridgehead atoms. The number of carbonyl (C=O) groups excluding carboxylic acids is 2. The van der Waals surface area contributed by atoms with Gasteiger partial charge >= 0.3 is 0 Å². The molecule has 2 aliphatic rings. The first kappa shape index (κ1) is 25.8. The van der Waals surface area contributed by atoms with Crippen LogP contribution < -0.4 is 9.47 Å². The Morgan fingerprint density at radius 1 is 1.05 bits per heavy atom. The van der Waals surface area contributed by atoms with E-state index in [2.05, 4.69) is 28.9 Å². The highest BCUT2D eigenvalue weighted by Gasteiger charge is 2.28. The number of halogens is 1. The van der Waals surface area contributed by atoms with E-state index in [9.17, 15) is 9.59 Å². The minimum absolute atomic E-state index is 0.0276. The van der Waals surface area contributed by atoms with Crippen LogP contribution in [0.4, 0.5) is 0 Å². The Kier molecular flexibility index (Phi) is 8.12. The van der Waals surface area contributed by atoms with Crippen molar-refractivity contribution in [3.63, 3.8) is 0 Å². The second-order valence-electron chi connectivity index (χ2n) is 9.30. The Labute approximate surface area is 229 Å². The third-order valence-electron chi connectivity index (χ3n) is 6.60. The van der Waals surface area contributed by atoms with Crippen molar-refractivity contribution in [2.75, 3.05) is 26.5 Å². The molecule has 3 aromatic rings. The minimum Gasteiger partial charge on any atom is -0.454 e. The predicted octanol–water partition coefficient (Wildman–Crippen LogP) is 5.40. The summed E-state index contributed by atoms with van der Waals surface area (Å²) in [5.41, 5.74) is 2.63. The van der Waals surface area contributed by atoms with Gasteiger partial charge in [-0.25, -0.2) is 0 Å². The first-order valence-corrected chi connectivity index (χ1v) is 14.0. The summed E-state index contributed by atoms with van der Waals surface area (Å²) in [6.07, 6.45) is 1.78. The molecule has 37 heavy (non-hydrogen) atoms. The van der Waals surface area contributed by atoms with Crippen LogP contribution in [0.2, 0.25) is 0 Å². The molecule has 0 saturated carbocycles. The van der Waals surface area contributed by atoms with Gasteiger partial charge in [0.15, 0.2) is 11.5 Å². The average Bonchev–Trinajstić information content (AvgIpc) is 3.65. The van der Waals surface area contributed by atoms with Gasteiger partial charge in [0.05, 0.1) is 12.6 Å². The molecule has 7 nitrogen and oxygen atoms in total. The molecule has 3 heterocycles. The molecular weight excluding hydrogens is 556 g/mol. The van der Waals surface area contributed by atoms with E-state index >= 15 is 0 Å². The fourth-order valence-electron chi connectivity index (χ4n) is 4.55. The molecule has 1 unspecified atom stereocenters. The molecule has 9 heteroatoms. The zero-order valence-electron chi connectivity index (χ0n) is 20.7. The van der Waals surface area contributed by atoms with Crippen molar-refractivity contribution in [3.05, 3.63) is 80.0 Å². The lowest BCUT2D eigenvalue weighted by Gasteiger charge is -2.29. The summed E-state index contributed by atoms with van der Waals surface area (Å²) in [6.45, 7) is 4.15. The molecule has 194 valence electrons. The highest BCUT2D eigenvalue weighted by Crippen LogP contribution is 2.33. The zero-order valence-corrected chi connectivity index (χ0v) is 23.1. The number of amides is 2. The van der Waals surface area contributed by atoms with E-state index in [1.807, 2.05) is 40.6 Å². The maximum absolute atomic E-state index is 13.8. The average molecular weight is 586 g/mol. The number of hydrogen-bond donors (Lipinski definition) is 0. The van der Waals surface area contributed by atoms with Crippen LogP contribution in [0.25, 0.3) is 0 Å². The number of rotatable bonds is 9. The lowest BCUT2D eigenvalue weighted by molar-refractivity contribution is -0.133. The van der Waals surface area contributed by atoms with Gasteiger partial charge in [-0.05, 0) is 72.7 Å². The summed E-state index contributed by atoms with van der Waals surface area (Å²) < 4.78 is 17.6. The number of carbonyl (C=O) groups is 2. The molecule has 1 fully saturated rings. The molecule has 2 amide bonds. The van der Waals surface area contributed by atoms with Crippen molar-refractivity contribution in [1.29, 1.82) is 0 Å². The van der Waals surface area contributed by atoms with Crippen LogP contribution in [0.5, 0.6) is 11.5 Å². The molecule has 0 radical (unpaired) electrons. The third kappa shape index (κ3) is 6.34. The van der Waals surface area contributed by atoms with Gasteiger partial charge in [-0.1, -0.05) is 28.1 Å². The van der Waals surface area contributed by atoms with Gasteiger partial charge in [0.25, 0.3) is 5.91 Å². The molecule has 1 saturated heterocycles. The van der Waals surface area contributed by atoms with Gasteiger partial charge in [-0.15, -0.1) is 11.3 Å². The van der Waals surface area contributed by atoms with Gasteiger partial charge in [0.1, 0.15) is 6.54 Å². The fraction of sp³-hybridized carbons (Fsp3) is 0.357. The van der Waals surface area contributed by atoms with Crippen LogP contribution in [-0.4, -0.2) is 54.2 Å².